The summed E-state index contributed by atoms with van der Waals surface area (Å²) in [6.07, 6.45) is -0.309. The van der Waals surface area contributed by atoms with E-state index in [1.807, 2.05) is 54.8 Å². The van der Waals surface area contributed by atoms with Gasteiger partial charge in [-0.15, -0.1) is 0 Å². The molecule has 0 spiro atoms. The molecule has 6 nitrogen and oxygen atoms in total. The summed E-state index contributed by atoms with van der Waals surface area (Å²) in [4.78, 5) is 9.14. The first kappa shape index (κ1) is 13.6. The Labute approximate surface area is 133 Å². The number of nitrogens with zero attached hydrogens (tertiary/aromatic N) is 3. The van der Waals surface area contributed by atoms with Crippen molar-refractivity contribution in [3.63, 3.8) is 0 Å². The number of phenolic OH excluding ortho intramolecular Hbond substituents is 1. The number of guanidine groups is 1. The fraction of sp³-hybridized carbons (Fsp3) is 0.176. The van der Waals surface area contributed by atoms with Crippen LogP contribution in [0.4, 0.5) is 5.95 Å². The number of anilines is 1. The molecule has 3 aromatic rings. The van der Waals surface area contributed by atoms with Gasteiger partial charge in [0.2, 0.25) is 5.95 Å². The minimum atomic E-state index is -0.309. The highest BCUT2D eigenvalue weighted by Gasteiger charge is 2.25. The molecule has 0 saturated carbocycles. The number of benzene rings is 2. The Morgan fingerprint density at radius 2 is 1.87 bits per heavy atom. The van der Waals surface area contributed by atoms with Crippen molar-refractivity contribution < 1.29 is 5.11 Å². The maximum Gasteiger partial charge on any atom is 0.212 e. The van der Waals surface area contributed by atoms with Crippen molar-refractivity contribution in [2.24, 2.45) is 10.7 Å². The van der Waals surface area contributed by atoms with Gasteiger partial charge in [0.15, 0.2) is 12.1 Å². The Bertz CT molecular complexity index is 934. The lowest BCUT2D eigenvalue weighted by Crippen LogP contribution is -2.31. The molecule has 0 fully saturated rings. The quantitative estimate of drug-likeness (QED) is 0.645. The van der Waals surface area contributed by atoms with Crippen LogP contribution in [0.25, 0.3) is 11.0 Å². The molecule has 23 heavy (non-hydrogen) atoms. The van der Waals surface area contributed by atoms with Crippen molar-refractivity contribution in [3.05, 3.63) is 53.1 Å². The number of para-hydroxylation sites is 2. The summed E-state index contributed by atoms with van der Waals surface area (Å²) in [7, 11) is 0. The predicted molar refractivity (Wildman–Crippen MR) is 90.7 cm³/mol. The second kappa shape index (κ2) is 4.74. The minimum absolute atomic E-state index is 0.309. The molecule has 0 aliphatic carbocycles. The summed E-state index contributed by atoms with van der Waals surface area (Å²) in [6, 6.07) is 11.8. The number of nitrogens with two attached hydrogens (primary N) is 1. The summed E-state index contributed by atoms with van der Waals surface area (Å²) >= 11 is 0. The van der Waals surface area contributed by atoms with Crippen LogP contribution < -0.4 is 11.1 Å². The van der Waals surface area contributed by atoms with E-state index < -0.39 is 0 Å². The van der Waals surface area contributed by atoms with E-state index in [1.165, 1.54) is 0 Å². The van der Waals surface area contributed by atoms with Crippen LogP contribution in [0, 0.1) is 13.8 Å². The molecule has 1 aliphatic rings. The van der Waals surface area contributed by atoms with Gasteiger partial charge >= 0.3 is 0 Å². The molecule has 2 aromatic carbocycles. The number of hydrogen-bond acceptors (Lipinski definition) is 5. The van der Waals surface area contributed by atoms with E-state index in [0.717, 1.165) is 27.7 Å². The lowest BCUT2D eigenvalue weighted by molar-refractivity contribution is 0.466. The summed E-state index contributed by atoms with van der Waals surface area (Å²) in [5, 5.41) is 13.0. The lowest BCUT2D eigenvalue weighted by Gasteiger charge is -2.24. The Morgan fingerprint density at radius 1 is 1.17 bits per heavy atom. The van der Waals surface area contributed by atoms with E-state index in [9.17, 15) is 5.11 Å². The third kappa shape index (κ3) is 2.03. The zero-order valence-electron chi connectivity index (χ0n) is 12.9. The first-order chi connectivity index (χ1) is 11.0. The highest BCUT2D eigenvalue weighted by atomic mass is 16.3. The third-order valence-electron chi connectivity index (χ3n) is 4.15. The van der Waals surface area contributed by atoms with Gasteiger partial charge in [0, 0.05) is 0 Å². The van der Waals surface area contributed by atoms with E-state index in [2.05, 4.69) is 15.3 Å². The predicted octanol–water partition coefficient (Wildman–Crippen LogP) is 2.65. The molecule has 2 heterocycles. The number of imidazole rings is 1. The number of aromatic hydroxyl groups is 1. The van der Waals surface area contributed by atoms with Gasteiger partial charge in [-0.25, -0.2) is 9.98 Å². The normalized spacial score (nSPS) is 16.8. The number of phenols is 1. The number of aliphatic imine (C=N–C) groups is 1. The molecule has 0 saturated heterocycles. The number of fused-ring (bicyclic) bond motifs is 3. The second-order valence-electron chi connectivity index (χ2n) is 5.81. The Hall–Kier alpha value is -3.02. The number of nitrogens with one attached hydrogen (secondary N) is 1. The SMILES string of the molecule is Cc1cc(C2N=C(N)Nc3nc4ccccc4n32)cc(C)c1O. The number of rotatable bonds is 1. The molecule has 1 aromatic heterocycles. The van der Waals surface area contributed by atoms with Gasteiger partial charge < -0.3 is 10.8 Å². The molecule has 4 N–H and O–H groups in total. The van der Waals surface area contributed by atoms with Gasteiger partial charge in [-0.1, -0.05) is 12.1 Å². The zero-order chi connectivity index (χ0) is 16.1. The number of aromatic nitrogens is 2. The molecular weight excluding hydrogens is 290 g/mol. The fourth-order valence-corrected chi connectivity index (χ4v) is 3.08. The van der Waals surface area contributed by atoms with Gasteiger partial charge in [-0.2, -0.15) is 0 Å². The molecule has 0 bridgehead atoms. The van der Waals surface area contributed by atoms with Gasteiger partial charge in [0.25, 0.3) is 0 Å². The van der Waals surface area contributed by atoms with E-state index in [0.29, 0.717) is 17.7 Å². The standard InChI is InChI=1S/C17H17N5O/c1-9-7-11(8-10(2)14(9)23)15-20-16(18)21-17-19-12-5-3-4-6-13(12)22(15)17/h3-8,15,23H,1-2H3,(H3,18,19,20,21). The monoisotopic (exact) mass is 307 g/mol. The summed E-state index contributed by atoms with van der Waals surface area (Å²) < 4.78 is 2.02. The van der Waals surface area contributed by atoms with Crippen molar-refractivity contribution in [3.8, 4) is 5.75 Å². The van der Waals surface area contributed by atoms with Gasteiger partial charge in [0.1, 0.15) is 5.75 Å². The van der Waals surface area contributed by atoms with Crippen LogP contribution in [0.1, 0.15) is 22.9 Å². The Kier molecular flexibility index (Phi) is 2.81. The van der Waals surface area contributed by atoms with Gasteiger partial charge in [-0.3, -0.25) is 9.88 Å². The average molecular weight is 307 g/mol. The molecule has 1 unspecified atom stereocenters. The molecule has 116 valence electrons. The first-order valence-corrected chi connectivity index (χ1v) is 7.42. The van der Waals surface area contributed by atoms with Crippen LogP contribution in [0.5, 0.6) is 5.75 Å². The van der Waals surface area contributed by atoms with Crippen LogP contribution in [-0.4, -0.2) is 20.6 Å². The molecule has 0 radical (unpaired) electrons. The topological polar surface area (TPSA) is 88.5 Å². The van der Waals surface area contributed by atoms with Crippen molar-refractivity contribution >= 4 is 22.9 Å². The zero-order valence-corrected chi connectivity index (χ0v) is 12.9. The average Bonchev–Trinajstić information content (AvgIpc) is 2.89. The first-order valence-electron chi connectivity index (χ1n) is 7.42. The summed E-state index contributed by atoms with van der Waals surface area (Å²) in [5.41, 5.74) is 10.4. The van der Waals surface area contributed by atoms with E-state index in [-0.39, 0.29) is 6.17 Å². The smallest absolute Gasteiger partial charge is 0.212 e. The van der Waals surface area contributed by atoms with Crippen LogP contribution in [0.3, 0.4) is 0 Å². The second-order valence-corrected chi connectivity index (χ2v) is 5.81. The van der Waals surface area contributed by atoms with E-state index in [1.54, 1.807) is 0 Å². The summed E-state index contributed by atoms with van der Waals surface area (Å²) in [5.74, 6) is 1.32. The van der Waals surface area contributed by atoms with Crippen LogP contribution >= 0.6 is 0 Å². The molecule has 6 heteroatoms. The Balaban J connectivity index is 1.97. The van der Waals surface area contributed by atoms with Crippen LogP contribution in [0.2, 0.25) is 0 Å². The summed E-state index contributed by atoms with van der Waals surface area (Å²) in [6.45, 7) is 3.76. The minimum Gasteiger partial charge on any atom is -0.507 e. The van der Waals surface area contributed by atoms with Crippen LogP contribution in [0.15, 0.2) is 41.4 Å². The van der Waals surface area contributed by atoms with Crippen molar-refractivity contribution in [2.45, 2.75) is 20.0 Å². The lowest BCUT2D eigenvalue weighted by atomic mass is 10.0. The number of aryl methyl sites for hydroxylation is 2. The Morgan fingerprint density at radius 3 is 2.61 bits per heavy atom. The van der Waals surface area contributed by atoms with Gasteiger partial charge in [0.05, 0.1) is 11.0 Å². The van der Waals surface area contributed by atoms with Gasteiger partial charge in [-0.05, 0) is 54.8 Å². The largest absolute Gasteiger partial charge is 0.507 e. The maximum absolute atomic E-state index is 10.0. The van der Waals surface area contributed by atoms with E-state index >= 15 is 0 Å². The molecule has 4 rings (SSSR count). The molecule has 1 atom stereocenters. The van der Waals surface area contributed by atoms with Crippen molar-refractivity contribution in [1.82, 2.24) is 9.55 Å². The highest BCUT2D eigenvalue weighted by molar-refractivity contribution is 5.94. The number of hydrogen-bond donors (Lipinski definition) is 3. The molecular formula is C17H17N5O. The van der Waals surface area contributed by atoms with Crippen molar-refractivity contribution in [1.29, 1.82) is 0 Å². The highest BCUT2D eigenvalue weighted by Crippen LogP contribution is 2.34. The molecule has 1 aliphatic heterocycles. The molecule has 0 amide bonds. The van der Waals surface area contributed by atoms with Crippen LogP contribution in [-0.2, 0) is 0 Å². The van der Waals surface area contributed by atoms with Crippen molar-refractivity contribution in [2.75, 3.05) is 5.32 Å². The fourth-order valence-electron chi connectivity index (χ4n) is 3.08. The van der Waals surface area contributed by atoms with E-state index in [4.69, 9.17) is 5.73 Å². The maximum atomic E-state index is 10.0. The third-order valence-corrected chi connectivity index (χ3v) is 4.15.